The van der Waals surface area contributed by atoms with Crippen LogP contribution in [0.25, 0.3) is 0 Å². The van der Waals surface area contributed by atoms with E-state index in [2.05, 4.69) is 0 Å². The summed E-state index contributed by atoms with van der Waals surface area (Å²) in [5, 5.41) is 0. The average Bonchev–Trinajstić information content (AvgIpc) is 2.53. The van der Waals surface area contributed by atoms with Crippen LogP contribution in [-0.2, 0) is 0 Å². The van der Waals surface area contributed by atoms with E-state index in [1.54, 1.807) is 18.2 Å². The van der Waals surface area contributed by atoms with Gasteiger partial charge in [-0.05, 0) is 36.4 Å². The SMILES string of the molecule is COc1ccc(C(=O)c2cc(F)ccc2OC)cc1OC. The number of hydrogen-bond donors (Lipinski definition) is 0. The molecule has 110 valence electrons. The molecule has 2 rings (SSSR count). The van der Waals surface area contributed by atoms with Crippen molar-refractivity contribution in [2.45, 2.75) is 0 Å². The van der Waals surface area contributed by atoms with Crippen LogP contribution in [0.3, 0.4) is 0 Å². The van der Waals surface area contributed by atoms with Gasteiger partial charge in [-0.3, -0.25) is 4.79 Å². The van der Waals surface area contributed by atoms with E-state index in [0.29, 0.717) is 22.8 Å². The predicted molar refractivity (Wildman–Crippen MR) is 75.9 cm³/mol. The van der Waals surface area contributed by atoms with Crippen LogP contribution in [-0.4, -0.2) is 27.1 Å². The van der Waals surface area contributed by atoms with Crippen molar-refractivity contribution in [2.75, 3.05) is 21.3 Å². The number of ether oxygens (including phenoxy) is 3. The monoisotopic (exact) mass is 290 g/mol. The second-order valence-corrected chi connectivity index (χ2v) is 4.24. The first-order valence-corrected chi connectivity index (χ1v) is 6.21. The summed E-state index contributed by atoms with van der Waals surface area (Å²) in [6.45, 7) is 0. The second-order valence-electron chi connectivity index (χ2n) is 4.24. The van der Waals surface area contributed by atoms with Gasteiger partial charge in [0.2, 0.25) is 0 Å². The summed E-state index contributed by atoms with van der Waals surface area (Å²) in [6, 6.07) is 8.57. The maximum Gasteiger partial charge on any atom is 0.196 e. The molecule has 0 aromatic heterocycles. The third-order valence-corrected chi connectivity index (χ3v) is 3.05. The van der Waals surface area contributed by atoms with Crippen LogP contribution in [0.1, 0.15) is 15.9 Å². The second kappa shape index (κ2) is 6.26. The molecule has 0 fully saturated rings. The number of carbonyl (C=O) groups is 1. The van der Waals surface area contributed by atoms with E-state index in [1.807, 2.05) is 0 Å². The molecule has 2 aromatic rings. The minimum Gasteiger partial charge on any atom is -0.496 e. The van der Waals surface area contributed by atoms with Crippen LogP contribution in [0.2, 0.25) is 0 Å². The highest BCUT2D eigenvalue weighted by Crippen LogP contribution is 2.30. The maximum atomic E-state index is 13.4. The van der Waals surface area contributed by atoms with Gasteiger partial charge < -0.3 is 14.2 Å². The minimum absolute atomic E-state index is 0.157. The van der Waals surface area contributed by atoms with Crippen LogP contribution in [0.15, 0.2) is 36.4 Å². The highest BCUT2D eigenvalue weighted by atomic mass is 19.1. The first-order chi connectivity index (χ1) is 10.1. The Morgan fingerprint density at radius 1 is 0.857 bits per heavy atom. The van der Waals surface area contributed by atoms with Crippen molar-refractivity contribution >= 4 is 5.78 Å². The van der Waals surface area contributed by atoms with E-state index < -0.39 is 5.82 Å². The number of benzene rings is 2. The summed E-state index contributed by atoms with van der Waals surface area (Å²) in [4.78, 5) is 12.5. The fraction of sp³-hybridized carbons (Fsp3) is 0.188. The molecular formula is C16H15FO4. The Balaban J connectivity index is 2.47. The van der Waals surface area contributed by atoms with Gasteiger partial charge in [0, 0.05) is 5.56 Å². The Labute approximate surface area is 122 Å². The minimum atomic E-state index is -0.500. The highest BCUT2D eigenvalue weighted by molar-refractivity contribution is 6.11. The molecule has 4 nitrogen and oxygen atoms in total. The number of methoxy groups -OCH3 is 3. The zero-order chi connectivity index (χ0) is 15.4. The van der Waals surface area contributed by atoms with Gasteiger partial charge in [-0.2, -0.15) is 0 Å². The molecule has 0 aliphatic rings. The van der Waals surface area contributed by atoms with Crippen molar-refractivity contribution in [3.8, 4) is 17.2 Å². The molecule has 0 atom stereocenters. The van der Waals surface area contributed by atoms with Crippen molar-refractivity contribution in [1.82, 2.24) is 0 Å². The van der Waals surface area contributed by atoms with E-state index in [1.165, 1.54) is 33.5 Å². The van der Waals surface area contributed by atoms with Crippen molar-refractivity contribution in [3.63, 3.8) is 0 Å². The zero-order valence-corrected chi connectivity index (χ0v) is 12.0. The van der Waals surface area contributed by atoms with E-state index in [4.69, 9.17) is 14.2 Å². The Hall–Kier alpha value is -2.56. The summed E-state index contributed by atoms with van der Waals surface area (Å²) in [6.07, 6.45) is 0. The van der Waals surface area contributed by atoms with Gasteiger partial charge >= 0.3 is 0 Å². The molecule has 0 saturated heterocycles. The maximum absolute atomic E-state index is 13.4. The number of halogens is 1. The smallest absolute Gasteiger partial charge is 0.196 e. The Bertz CT molecular complexity index is 667. The number of ketones is 1. The van der Waals surface area contributed by atoms with Gasteiger partial charge in [-0.1, -0.05) is 0 Å². The van der Waals surface area contributed by atoms with Crippen LogP contribution < -0.4 is 14.2 Å². The van der Waals surface area contributed by atoms with Crippen molar-refractivity contribution < 1.29 is 23.4 Å². The zero-order valence-electron chi connectivity index (χ0n) is 12.0. The summed E-state index contributed by atoms with van der Waals surface area (Å²) >= 11 is 0. The standard InChI is InChI=1S/C16H15FO4/c1-19-13-7-5-11(17)9-12(13)16(18)10-4-6-14(20-2)15(8-10)21-3/h4-9H,1-3H3. The van der Waals surface area contributed by atoms with Crippen LogP contribution >= 0.6 is 0 Å². The summed E-state index contributed by atoms with van der Waals surface area (Å²) in [7, 11) is 4.42. The normalized spacial score (nSPS) is 10.1. The Kier molecular flexibility index (Phi) is 4.42. The van der Waals surface area contributed by atoms with Crippen LogP contribution in [0.5, 0.6) is 17.2 Å². The van der Waals surface area contributed by atoms with E-state index in [9.17, 15) is 9.18 Å². The Morgan fingerprint density at radius 2 is 1.48 bits per heavy atom. The van der Waals surface area contributed by atoms with Crippen molar-refractivity contribution in [1.29, 1.82) is 0 Å². The van der Waals surface area contributed by atoms with Gasteiger partial charge in [0.1, 0.15) is 11.6 Å². The quantitative estimate of drug-likeness (QED) is 0.794. The van der Waals surface area contributed by atoms with E-state index in [0.717, 1.165) is 6.07 Å². The molecule has 0 unspecified atom stereocenters. The molecule has 0 radical (unpaired) electrons. The molecule has 0 aliphatic heterocycles. The van der Waals surface area contributed by atoms with Crippen LogP contribution in [0, 0.1) is 5.82 Å². The molecule has 2 aromatic carbocycles. The van der Waals surface area contributed by atoms with Gasteiger partial charge in [-0.15, -0.1) is 0 Å². The van der Waals surface area contributed by atoms with E-state index in [-0.39, 0.29) is 11.3 Å². The average molecular weight is 290 g/mol. The summed E-state index contributed by atoms with van der Waals surface area (Å²) in [5.41, 5.74) is 0.515. The molecule has 5 heteroatoms. The van der Waals surface area contributed by atoms with Crippen LogP contribution in [0.4, 0.5) is 4.39 Å². The van der Waals surface area contributed by atoms with Gasteiger partial charge in [0.15, 0.2) is 17.3 Å². The highest BCUT2D eigenvalue weighted by Gasteiger charge is 2.17. The third-order valence-electron chi connectivity index (χ3n) is 3.05. The lowest BCUT2D eigenvalue weighted by atomic mass is 10.0. The van der Waals surface area contributed by atoms with Crippen molar-refractivity contribution in [2.24, 2.45) is 0 Å². The lowest BCUT2D eigenvalue weighted by Crippen LogP contribution is -2.05. The number of carbonyl (C=O) groups excluding carboxylic acids is 1. The molecule has 0 N–H and O–H groups in total. The molecule has 0 bridgehead atoms. The molecule has 0 heterocycles. The van der Waals surface area contributed by atoms with Gasteiger partial charge in [0.25, 0.3) is 0 Å². The molecule has 0 aliphatic carbocycles. The molecule has 21 heavy (non-hydrogen) atoms. The van der Waals surface area contributed by atoms with Gasteiger partial charge in [-0.25, -0.2) is 4.39 Å². The lowest BCUT2D eigenvalue weighted by Gasteiger charge is -2.11. The fourth-order valence-electron chi connectivity index (χ4n) is 1.99. The summed E-state index contributed by atoms with van der Waals surface area (Å²) < 4.78 is 28.8. The summed E-state index contributed by atoms with van der Waals surface area (Å²) in [5.74, 6) is 0.405. The first-order valence-electron chi connectivity index (χ1n) is 6.21. The predicted octanol–water partition coefficient (Wildman–Crippen LogP) is 3.08. The molecule has 0 saturated carbocycles. The topological polar surface area (TPSA) is 44.8 Å². The largest absolute Gasteiger partial charge is 0.496 e. The molecule has 0 amide bonds. The fourth-order valence-corrected chi connectivity index (χ4v) is 1.99. The molecule has 0 spiro atoms. The van der Waals surface area contributed by atoms with Gasteiger partial charge in [0.05, 0.1) is 26.9 Å². The number of hydrogen-bond acceptors (Lipinski definition) is 4. The Morgan fingerprint density at radius 3 is 2.10 bits per heavy atom. The lowest BCUT2D eigenvalue weighted by molar-refractivity contribution is 0.103. The first kappa shape index (κ1) is 14.8. The van der Waals surface area contributed by atoms with E-state index >= 15 is 0 Å². The molecular weight excluding hydrogens is 275 g/mol. The third kappa shape index (κ3) is 2.97. The van der Waals surface area contributed by atoms with Crippen molar-refractivity contribution in [3.05, 3.63) is 53.3 Å². The number of rotatable bonds is 5.